The first kappa shape index (κ1) is 22.3. The fourth-order valence-corrected chi connectivity index (χ4v) is 3.52. The van der Waals surface area contributed by atoms with Crippen LogP contribution in [0.15, 0.2) is 53.5 Å². The van der Waals surface area contributed by atoms with E-state index in [9.17, 15) is 0 Å². The predicted molar refractivity (Wildman–Crippen MR) is 125 cm³/mol. The molecule has 3 rings (SSSR count). The van der Waals surface area contributed by atoms with Crippen LogP contribution in [0.2, 0.25) is 0 Å². The molecule has 1 heterocycles. The molecular formula is C22H30IN3O2. The van der Waals surface area contributed by atoms with E-state index in [-0.39, 0.29) is 35.6 Å². The zero-order chi connectivity index (χ0) is 19.3. The third-order valence-corrected chi connectivity index (χ3v) is 4.79. The maximum Gasteiger partial charge on any atom is 0.191 e. The molecule has 1 atom stereocenters. The highest BCUT2D eigenvalue weighted by Gasteiger charge is 2.33. The lowest BCUT2D eigenvalue weighted by Gasteiger charge is -2.38. The fraction of sp³-hybridized carbons (Fsp3) is 0.409. The van der Waals surface area contributed by atoms with E-state index in [1.807, 2.05) is 36.4 Å². The first-order valence-corrected chi connectivity index (χ1v) is 9.39. The molecule has 0 fully saturated rings. The molecule has 5 nitrogen and oxygen atoms in total. The van der Waals surface area contributed by atoms with Crippen LogP contribution in [0.3, 0.4) is 0 Å². The molecule has 0 amide bonds. The fourth-order valence-electron chi connectivity index (χ4n) is 3.52. The Morgan fingerprint density at radius 2 is 1.89 bits per heavy atom. The van der Waals surface area contributed by atoms with Gasteiger partial charge < -0.3 is 20.1 Å². The molecule has 6 heteroatoms. The summed E-state index contributed by atoms with van der Waals surface area (Å²) in [6.07, 6.45) is 1.73. The third-order valence-electron chi connectivity index (χ3n) is 4.79. The van der Waals surface area contributed by atoms with Crippen molar-refractivity contribution in [3.05, 3.63) is 59.7 Å². The lowest BCUT2D eigenvalue weighted by molar-refractivity contribution is 0.0694. The first-order valence-electron chi connectivity index (χ1n) is 9.39. The molecule has 0 radical (unpaired) electrons. The van der Waals surface area contributed by atoms with Crippen molar-refractivity contribution in [3.8, 4) is 11.5 Å². The number of para-hydroxylation sites is 2. The normalized spacial score (nSPS) is 17.6. The summed E-state index contributed by atoms with van der Waals surface area (Å²) in [5, 5.41) is 6.98. The number of fused-ring (bicyclic) bond motifs is 1. The molecule has 2 aromatic rings. The van der Waals surface area contributed by atoms with Gasteiger partial charge in [0.25, 0.3) is 0 Å². The lowest BCUT2D eigenvalue weighted by atomic mass is 9.90. The van der Waals surface area contributed by atoms with Gasteiger partial charge in [-0.25, -0.2) is 0 Å². The van der Waals surface area contributed by atoms with Crippen molar-refractivity contribution < 1.29 is 9.47 Å². The van der Waals surface area contributed by atoms with Crippen molar-refractivity contribution in [1.82, 2.24) is 10.6 Å². The van der Waals surface area contributed by atoms with Gasteiger partial charge in [0.2, 0.25) is 0 Å². The average molecular weight is 495 g/mol. The summed E-state index contributed by atoms with van der Waals surface area (Å²) in [5.74, 6) is 2.65. The SMILES string of the molecule is CN=C(NCCc1ccccc1OC)NC1CC(C)(C)Oc2ccccc21.I. The van der Waals surface area contributed by atoms with Crippen LogP contribution in [0, 0.1) is 0 Å². The minimum atomic E-state index is -0.220. The molecule has 1 aliphatic heterocycles. The van der Waals surface area contributed by atoms with E-state index in [2.05, 4.69) is 41.6 Å². The Morgan fingerprint density at radius 3 is 2.64 bits per heavy atom. The highest BCUT2D eigenvalue weighted by molar-refractivity contribution is 14.0. The highest BCUT2D eigenvalue weighted by atomic mass is 127. The Labute approximate surface area is 184 Å². The zero-order valence-corrected chi connectivity index (χ0v) is 19.3. The second kappa shape index (κ2) is 10.0. The largest absolute Gasteiger partial charge is 0.496 e. The van der Waals surface area contributed by atoms with E-state index in [1.54, 1.807) is 14.2 Å². The van der Waals surface area contributed by atoms with E-state index < -0.39 is 0 Å². The van der Waals surface area contributed by atoms with Gasteiger partial charge in [-0.05, 0) is 38.0 Å². The van der Waals surface area contributed by atoms with E-state index in [1.165, 1.54) is 11.1 Å². The van der Waals surface area contributed by atoms with Crippen LogP contribution in [0.5, 0.6) is 11.5 Å². The Kier molecular flexibility index (Phi) is 7.98. The van der Waals surface area contributed by atoms with Crippen LogP contribution in [-0.2, 0) is 6.42 Å². The molecule has 0 aliphatic carbocycles. The number of nitrogens with one attached hydrogen (secondary N) is 2. The van der Waals surface area contributed by atoms with Crippen LogP contribution in [0.4, 0.5) is 0 Å². The Balaban J connectivity index is 0.00000280. The number of rotatable bonds is 5. The third kappa shape index (κ3) is 5.53. The number of methoxy groups -OCH3 is 1. The van der Waals surface area contributed by atoms with E-state index >= 15 is 0 Å². The van der Waals surface area contributed by atoms with E-state index in [0.717, 1.165) is 36.8 Å². The number of guanidine groups is 1. The van der Waals surface area contributed by atoms with Crippen LogP contribution >= 0.6 is 24.0 Å². The summed E-state index contributed by atoms with van der Waals surface area (Å²) in [7, 11) is 3.51. The minimum absolute atomic E-state index is 0. The van der Waals surface area contributed by atoms with Crippen molar-refractivity contribution in [1.29, 1.82) is 0 Å². The lowest BCUT2D eigenvalue weighted by Crippen LogP contribution is -2.45. The number of hydrogen-bond donors (Lipinski definition) is 2. The maximum absolute atomic E-state index is 6.12. The monoisotopic (exact) mass is 495 g/mol. The molecule has 1 aliphatic rings. The molecule has 2 N–H and O–H groups in total. The number of aliphatic imine (C=N–C) groups is 1. The van der Waals surface area contributed by atoms with Gasteiger partial charge in [0, 0.05) is 25.6 Å². The van der Waals surface area contributed by atoms with Crippen molar-refractivity contribution in [2.75, 3.05) is 20.7 Å². The number of benzene rings is 2. The molecule has 0 bridgehead atoms. The quantitative estimate of drug-likeness (QED) is 0.369. The molecule has 0 spiro atoms. The van der Waals surface area contributed by atoms with Gasteiger partial charge in [-0.15, -0.1) is 24.0 Å². The average Bonchev–Trinajstić information content (AvgIpc) is 2.66. The molecular weight excluding hydrogens is 465 g/mol. The molecule has 1 unspecified atom stereocenters. The van der Waals surface area contributed by atoms with E-state index in [0.29, 0.717) is 0 Å². The van der Waals surface area contributed by atoms with Crippen LogP contribution in [-0.4, -0.2) is 32.3 Å². The van der Waals surface area contributed by atoms with Crippen molar-refractivity contribution >= 4 is 29.9 Å². The summed E-state index contributed by atoms with van der Waals surface area (Å²) < 4.78 is 11.5. The van der Waals surface area contributed by atoms with Crippen molar-refractivity contribution in [3.63, 3.8) is 0 Å². The summed E-state index contributed by atoms with van der Waals surface area (Å²) in [6.45, 7) is 5.01. The number of hydrogen-bond acceptors (Lipinski definition) is 3. The summed E-state index contributed by atoms with van der Waals surface area (Å²) >= 11 is 0. The van der Waals surface area contributed by atoms with Crippen molar-refractivity contribution in [2.24, 2.45) is 4.99 Å². The number of nitrogens with zero attached hydrogens (tertiary/aromatic N) is 1. The van der Waals surface area contributed by atoms with Crippen LogP contribution in [0.1, 0.15) is 37.4 Å². The van der Waals surface area contributed by atoms with Gasteiger partial charge in [0.05, 0.1) is 13.2 Å². The Hall–Kier alpha value is -1.96. The molecule has 152 valence electrons. The topological polar surface area (TPSA) is 54.9 Å². The maximum atomic E-state index is 6.12. The second-order valence-corrected chi connectivity index (χ2v) is 7.36. The number of ether oxygens (including phenoxy) is 2. The van der Waals surface area contributed by atoms with Gasteiger partial charge in [0.1, 0.15) is 17.1 Å². The standard InChI is InChI=1S/C22H29N3O2.HI/c1-22(2)15-18(17-10-6-8-12-20(17)27-22)25-21(23-3)24-14-13-16-9-5-7-11-19(16)26-4;/h5-12,18H,13-15H2,1-4H3,(H2,23,24,25);1H. The summed E-state index contributed by atoms with van der Waals surface area (Å²) in [6, 6.07) is 16.5. The van der Waals surface area contributed by atoms with Crippen LogP contribution < -0.4 is 20.1 Å². The van der Waals surface area contributed by atoms with Gasteiger partial charge in [-0.2, -0.15) is 0 Å². The Morgan fingerprint density at radius 1 is 1.18 bits per heavy atom. The second-order valence-electron chi connectivity index (χ2n) is 7.36. The molecule has 28 heavy (non-hydrogen) atoms. The van der Waals surface area contributed by atoms with Gasteiger partial charge in [0.15, 0.2) is 5.96 Å². The molecule has 0 saturated carbocycles. The highest BCUT2D eigenvalue weighted by Crippen LogP contribution is 2.39. The summed E-state index contributed by atoms with van der Waals surface area (Å²) in [4.78, 5) is 4.40. The Bertz CT molecular complexity index is 808. The van der Waals surface area contributed by atoms with E-state index in [4.69, 9.17) is 9.47 Å². The zero-order valence-electron chi connectivity index (χ0n) is 17.0. The number of halogens is 1. The van der Waals surface area contributed by atoms with Crippen LogP contribution in [0.25, 0.3) is 0 Å². The van der Waals surface area contributed by atoms with Crippen molar-refractivity contribution in [2.45, 2.75) is 38.3 Å². The molecule has 2 aromatic carbocycles. The smallest absolute Gasteiger partial charge is 0.191 e. The molecule has 0 saturated heterocycles. The molecule has 0 aromatic heterocycles. The minimum Gasteiger partial charge on any atom is -0.496 e. The summed E-state index contributed by atoms with van der Waals surface area (Å²) in [5.41, 5.74) is 2.13. The first-order chi connectivity index (χ1) is 13.0. The predicted octanol–water partition coefficient (Wildman–Crippen LogP) is 4.32. The van der Waals surface area contributed by atoms with Gasteiger partial charge in [-0.3, -0.25) is 4.99 Å². The van der Waals surface area contributed by atoms with Gasteiger partial charge in [-0.1, -0.05) is 36.4 Å². The van der Waals surface area contributed by atoms with Gasteiger partial charge >= 0.3 is 0 Å².